The molecule has 0 amide bonds. The Morgan fingerprint density at radius 1 is 1.57 bits per heavy atom. The molecule has 112 valence electrons. The molecule has 1 aromatic heterocycles. The molecule has 1 unspecified atom stereocenters. The molecular weight excluding hydrogens is 294 g/mol. The third-order valence-corrected chi connectivity index (χ3v) is 4.10. The average Bonchev–Trinajstić information content (AvgIpc) is 2.75. The maximum atomic E-state index is 11.2. The first kappa shape index (κ1) is 15.2. The van der Waals surface area contributed by atoms with Crippen LogP contribution < -0.4 is 4.90 Å². The predicted octanol–water partition coefficient (Wildman–Crippen LogP) is 2.67. The molecule has 1 aromatic carbocycles. The summed E-state index contributed by atoms with van der Waals surface area (Å²) < 4.78 is 0.752. The summed E-state index contributed by atoms with van der Waals surface area (Å²) in [5, 5.41) is 21.0. The molecule has 0 saturated carbocycles. The average molecular weight is 309 g/mol. The number of nitro benzene ring substituents is 1. The highest BCUT2D eigenvalue weighted by molar-refractivity contribution is 7.18. The lowest BCUT2D eigenvalue weighted by molar-refractivity contribution is -0.384. The maximum Gasteiger partial charge on any atom is 0.308 e. The van der Waals surface area contributed by atoms with E-state index in [0.717, 1.165) is 9.71 Å². The van der Waals surface area contributed by atoms with Gasteiger partial charge in [0.05, 0.1) is 26.1 Å². The van der Waals surface area contributed by atoms with E-state index in [1.165, 1.54) is 17.4 Å². The van der Waals surface area contributed by atoms with Gasteiger partial charge >= 0.3 is 5.97 Å². The minimum atomic E-state index is -0.935. The predicted molar refractivity (Wildman–Crippen MR) is 81.1 cm³/mol. The molecule has 21 heavy (non-hydrogen) atoms. The van der Waals surface area contributed by atoms with Gasteiger partial charge in [0.25, 0.3) is 5.69 Å². The van der Waals surface area contributed by atoms with Gasteiger partial charge in [0.15, 0.2) is 0 Å². The molecule has 0 aliphatic rings. The van der Waals surface area contributed by atoms with Gasteiger partial charge in [0.1, 0.15) is 5.69 Å². The Labute approximate surface area is 125 Å². The zero-order chi connectivity index (χ0) is 15.7. The fraction of sp³-hybridized carbons (Fsp3) is 0.385. The number of carboxylic acids is 1. The smallest absolute Gasteiger partial charge is 0.308 e. The minimum absolute atomic E-state index is 0.0359. The lowest BCUT2D eigenvalue weighted by atomic mass is 10.1. The van der Waals surface area contributed by atoms with E-state index in [4.69, 9.17) is 5.11 Å². The van der Waals surface area contributed by atoms with Gasteiger partial charge in [-0.1, -0.05) is 6.92 Å². The third kappa shape index (κ3) is 3.10. The van der Waals surface area contributed by atoms with Gasteiger partial charge in [0.2, 0.25) is 0 Å². The number of aryl methyl sites for hydroxylation is 1. The Balaban J connectivity index is 2.47. The Hall–Kier alpha value is -2.22. The number of nitro groups is 1. The standard InChI is InChI=1S/C13H15N3O4S/c1-7(13(17)18)6-15(3)10-4-9-12(21-8(2)14-9)5-11(10)16(19)20/h4-5,7H,6H2,1-3H3,(H,17,18). The first-order chi connectivity index (χ1) is 9.79. The van der Waals surface area contributed by atoms with Crippen LogP contribution >= 0.6 is 11.3 Å². The van der Waals surface area contributed by atoms with Crippen molar-refractivity contribution >= 4 is 38.9 Å². The number of hydrogen-bond acceptors (Lipinski definition) is 6. The zero-order valence-electron chi connectivity index (χ0n) is 11.9. The van der Waals surface area contributed by atoms with Gasteiger partial charge in [-0.2, -0.15) is 0 Å². The number of anilines is 1. The highest BCUT2D eigenvalue weighted by atomic mass is 32.1. The summed E-state index contributed by atoms with van der Waals surface area (Å²) in [6.45, 7) is 3.59. The first-order valence-corrected chi connectivity index (χ1v) is 7.10. The van der Waals surface area contributed by atoms with Crippen LogP contribution in [-0.2, 0) is 4.79 Å². The normalized spacial score (nSPS) is 12.3. The number of fused-ring (bicyclic) bond motifs is 1. The van der Waals surface area contributed by atoms with Gasteiger partial charge < -0.3 is 10.0 Å². The fourth-order valence-electron chi connectivity index (χ4n) is 2.11. The Morgan fingerprint density at radius 3 is 2.81 bits per heavy atom. The molecule has 2 aromatic rings. The molecule has 1 atom stereocenters. The Bertz CT molecular complexity index is 713. The summed E-state index contributed by atoms with van der Waals surface area (Å²) in [4.78, 5) is 27.6. The summed E-state index contributed by atoms with van der Waals surface area (Å²) >= 11 is 1.39. The van der Waals surface area contributed by atoms with E-state index in [1.54, 1.807) is 24.9 Å². The Morgan fingerprint density at radius 2 is 2.24 bits per heavy atom. The van der Waals surface area contributed by atoms with E-state index in [2.05, 4.69) is 4.98 Å². The van der Waals surface area contributed by atoms with Crippen LogP contribution in [0.25, 0.3) is 10.2 Å². The van der Waals surface area contributed by atoms with Crippen LogP contribution in [0, 0.1) is 23.0 Å². The van der Waals surface area contributed by atoms with Crippen molar-refractivity contribution in [1.82, 2.24) is 4.98 Å². The molecule has 0 aliphatic carbocycles. The number of aliphatic carboxylic acids is 1. The number of thiazole rings is 1. The summed E-state index contributed by atoms with van der Waals surface area (Å²) in [6, 6.07) is 3.14. The number of nitrogens with zero attached hydrogens (tertiary/aromatic N) is 3. The highest BCUT2D eigenvalue weighted by Crippen LogP contribution is 2.35. The van der Waals surface area contributed by atoms with Gasteiger partial charge in [0, 0.05) is 19.7 Å². The van der Waals surface area contributed by atoms with E-state index in [-0.39, 0.29) is 12.2 Å². The maximum absolute atomic E-state index is 11.2. The molecule has 1 heterocycles. The number of benzene rings is 1. The van der Waals surface area contributed by atoms with Crippen molar-refractivity contribution in [1.29, 1.82) is 0 Å². The van der Waals surface area contributed by atoms with Crippen LogP contribution in [0.2, 0.25) is 0 Å². The second-order valence-corrected chi connectivity index (χ2v) is 6.15. The zero-order valence-corrected chi connectivity index (χ0v) is 12.7. The fourth-order valence-corrected chi connectivity index (χ4v) is 2.95. The van der Waals surface area contributed by atoms with E-state index in [9.17, 15) is 14.9 Å². The topological polar surface area (TPSA) is 96.6 Å². The monoisotopic (exact) mass is 309 g/mol. The molecule has 0 saturated heterocycles. The van der Waals surface area contributed by atoms with Crippen molar-refractivity contribution in [2.45, 2.75) is 13.8 Å². The van der Waals surface area contributed by atoms with Crippen molar-refractivity contribution in [2.24, 2.45) is 5.92 Å². The summed E-state index contributed by atoms with van der Waals surface area (Å²) in [6.07, 6.45) is 0. The van der Waals surface area contributed by atoms with E-state index >= 15 is 0 Å². The molecule has 1 N–H and O–H groups in total. The quantitative estimate of drug-likeness (QED) is 0.673. The molecule has 0 aliphatic heterocycles. The molecule has 7 nitrogen and oxygen atoms in total. The van der Waals surface area contributed by atoms with Gasteiger partial charge in [-0.05, 0) is 13.0 Å². The number of aromatic nitrogens is 1. The van der Waals surface area contributed by atoms with Crippen LogP contribution in [0.15, 0.2) is 12.1 Å². The van der Waals surface area contributed by atoms with Crippen molar-refractivity contribution in [2.75, 3.05) is 18.5 Å². The number of carboxylic acid groups (broad SMARTS) is 1. The molecular formula is C13H15N3O4S. The van der Waals surface area contributed by atoms with Crippen LogP contribution in [0.1, 0.15) is 11.9 Å². The summed E-state index contributed by atoms with van der Waals surface area (Å²) in [5.41, 5.74) is 1.03. The number of carbonyl (C=O) groups is 1. The van der Waals surface area contributed by atoms with Gasteiger partial charge in [-0.15, -0.1) is 11.3 Å². The van der Waals surface area contributed by atoms with Crippen LogP contribution in [-0.4, -0.2) is 34.6 Å². The van der Waals surface area contributed by atoms with E-state index in [0.29, 0.717) is 11.2 Å². The molecule has 0 radical (unpaired) electrons. The number of rotatable bonds is 5. The van der Waals surface area contributed by atoms with Crippen LogP contribution in [0.3, 0.4) is 0 Å². The van der Waals surface area contributed by atoms with Gasteiger partial charge in [-0.3, -0.25) is 14.9 Å². The Kier molecular flexibility index (Phi) is 4.08. The van der Waals surface area contributed by atoms with Crippen molar-refractivity contribution in [3.05, 3.63) is 27.3 Å². The molecule has 0 bridgehead atoms. The largest absolute Gasteiger partial charge is 0.481 e. The van der Waals surface area contributed by atoms with Crippen molar-refractivity contribution < 1.29 is 14.8 Å². The van der Waals surface area contributed by atoms with Crippen molar-refractivity contribution in [3.63, 3.8) is 0 Å². The highest BCUT2D eigenvalue weighted by Gasteiger charge is 2.22. The summed E-state index contributed by atoms with van der Waals surface area (Å²) in [7, 11) is 1.65. The number of hydrogen-bond donors (Lipinski definition) is 1. The molecule has 0 spiro atoms. The van der Waals surface area contributed by atoms with Crippen molar-refractivity contribution in [3.8, 4) is 0 Å². The van der Waals surface area contributed by atoms with Crippen LogP contribution in [0.4, 0.5) is 11.4 Å². The van der Waals surface area contributed by atoms with Crippen LogP contribution in [0.5, 0.6) is 0 Å². The lowest BCUT2D eigenvalue weighted by Gasteiger charge is -2.21. The summed E-state index contributed by atoms with van der Waals surface area (Å²) in [5.74, 6) is -1.56. The van der Waals surface area contributed by atoms with E-state index < -0.39 is 16.8 Å². The molecule has 2 rings (SSSR count). The SMILES string of the molecule is Cc1nc2cc(N(C)CC(C)C(=O)O)c([N+](=O)[O-])cc2s1. The molecule has 8 heteroatoms. The lowest BCUT2D eigenvalue weighted by Crippen LogP contribution is -2.28. The van der Waals surface area contributed by atoms with Gasteiger partial charge in [-0.25, -0.2) is 4.98 Å². The second-order valence-electron chi connectivity index (χ2n) is 4.92. The first-order valence-electron chi connectivity index (χ1n) is 6.29. The molecule has 0 fully saturated rings. The second kappa shape index (κ2) is 5.65. The third-order valence-electron chi connectivity index (χ3n) is 3.17. The minimum Gasteiger partial charge on any atom is -0.481 e. The van der Waals surface area contributed by atoms with E-state index in [1.807, 2.05) is 6.92 Å².